The fraction of sp³-hybridized carbons (Fsp3) is 0.400. The van der Waals surface area contributed by atoms with Crippen molar-refractivity contribution >= 4 is 0 Å². The van der Waals surface area contributed by atoms with Gasteiger partial charge >= 0.3 is 0 Å². The molecule has 0 radical (unpaired) electrons. The first-order valence-electron chi connectivity index (χ1n) is 6.70. The molecule has 3 N–H and O–H groups in total. The zero-order valence-electron chi connectivity index (χ0n) is 13.2. The molecule has 1 aromatic carbocycles. The summed E-state index contributed by atoms with van der Waals surface area (Å²) in [6.07, 6.45) is 0. The molecule has 0 atom stereocenters. The lowest BCUT2D eigenvalue weighted by molar-refractivity contribution is -0.212. The topological polar surface area (TPSA) is 82.5 Å². The maximum atomic E-state index is 10.3. The average molecular weight is 291 g/mol. The maximum absolute atomic E-state index is 10.3. The Morgan fingerprint density at radius 1 is 0.952 bits per heavy atom. The van der Waals surface area contributed by atoms with Crippen LogP contribution in [0.3, 0.4) is 0 Å². The third-order valence-electron chi connectivity index (χ3n) is 4.11. The minimum Gasteiger partial charge on any atom is -0.507 e. The van der Waals surface area contributed by atoms with E-state index in [2.05, 4.69) is 10.1 Å². The number of benzene rings is 1. The van der Waals surface area contributed by atoms with Gasteiger partial charge in [0.15, 0.2) is 0 Å². The quantitative estimate of drug-likeness (QED) is 0.671. The summed E-state index contributed by atoms with van der Waals surface area (Å²) in [7, 11) is 0. The largest absolute Gasteiger partial charge is 0.507 e. The molecule has 21 heavy (non-hydrogen) atoms. The van der Waals surface area contributed by atoms with Crippen molar-refractivity contribution in [1.82, 2.24) is 9.78 Å². The van der Waals surface area contributed by atoms with E-state index in [1.54, 1.807) is 4.68 Å². The van der Waals surface area contributed by atoms with E-state index in [9.17, 15) is 5.11 Å². The molecule has 0 aliphatic carbocycles. The van der Waals surface area contributed by atoms with Crippen LogP contribution < -0.4 is 10.8 Å². The van der Waals surface area contributed by atoms with Crippen molar-refractivity contribution < 1.29 is 15.0 Å². The van der Waals surface area contributed by atoms with Crippen LogP contribution in [0.15, 0.2) is 0 Å². The van der Waals surface area contributed by atoms with Gasteiger partial charge in [0.2, 0.25) is 5.75 Å². The summed E-state index contributed by atoms with van der Waals surface area (Å²) in [5.41, 5.74) is 6.04. The van der Waals surface area contributed by atoms with Gasteiger partial charge in [-0.05, 0) is 58.2 Å². The highest BCUT2D eigenvalue weighted by atomic mass is 17.3. The molecule has 0 unspecified atom stereocenters. The van der Waals surface area contributed by atoms with E-state index < -0.39 is 0 Å². The second kappa shape index (κ2) is 5.38. The molecule has 0 saturated heterocycles. The second-order valence-corrected chi connectivity index (χ2v) is 5.29. The van der Waals surface area contributed by atoms with Gasteiger partial charge in [0, 0.05) is 5.56 Å². The molecule has 2 rings (SSSR count). The summed E-state index contributed by atoms with van der Waals surface area (Å²) in [5.74, 6) is 5.75. The van der Waals surface area contributed by atoms with Crippen molar-refractivity contribution in [2.24, 2.45) is 5.90 Å². The van der Waals surface area contributed by atoms with Crippen LogP contribution in [0.5, 0.6) is 11.5 Å². The predicted molar refractivity (Wildman–Crippen MR) is 79.6 cm³/mol. The molecule has 0 amide bonds. The first-order valence-corrected chi connectivity index (χ1v) is 6.70. The van der Waals surface area contributed by atoms with Crippen LogP contribution in [0.25, 0.3) is 5.69 Å². The third kappa shape index (κ3) is 2.26. The highest BCUT2D eigenvalue weighted by Gasteiger charge is 2.21. The number of phenols is 1. The molecule has 0 bridgehead atoms. The molecule has 1 heterocycles. The number of phenolic OH excluding ortho intramolecular Hbond substituents is 1. The van der Waals surface area contributed by atoms with Gasteiger partial charge in [0.25, 0.3) is 0 Å². The minimum absolute atomic E-state index is 0.290. The number of aromatic hydroxyl groups is 1. The van der Waals surface area contributed by atoms with Crippen LogP contribution in [0, 0.1) is 41.5 Å². The summed E-state index contributed by atoms with van der Waals surface area (Å²) < 4.78 is 1.75. The number of rotatable bonds is 3. The predicted octanol–water partition coefficient (Wildman–Crippen LogP) is 2.61. The number of nitrogens with two attached hydrogens (primary N) is 1. The van der Waals surface area contributed by atoms with Gasteiger partial charge in [0.1, 0.15) is 11.4 Å². The standard InChI is InChI=1S/C15H21N3O3/c1-7-8(2)13(10(4)14(19)9(7)3)18-12(6)15(20-21-16)11(5)17-18/h19H,16H2,1-6H3. The third-order valence-corrected chi connectivity index (χ3v) is 4.11. The first kappa shape index (κ1) is 15.3. The average Bonchev–Trinajstić information content (AvgIpc) is 2.72. The van der Waals surface area contributed by atoms with Crippen LogP contribution in [0.1, 0.15) is 33.6 Å². The Bertz CT molecular complexity index is 676. The van der Waals surface area contributed by atoms with Crippen LogP contribution in [-0.4, -0.2) is 14.9 Å². The summed E-state index contributed by atoms with van der Waals surface area (Å²) in [5, 5.41) is 14.8. The summed E-state index contributed by atoms with van der Waals surface area (Å²) in [4.78, 5) is 9.23. The van der Waals surface area contributed by atoms with Crippen molar-refractivity contribution in [2.75, 3.05) is 0 Å². The molecule has 2 aromatic rings. The highest BCUT2D eigenvalue weighted by Crippen LogP contribution is 2.36. The molecule has 6 nitrogen and oxygen atoms in total. The van der Waals surface area contributed by atoms with Crippen molar-refractivity contribution in [3.8, 4) is 17.2 Å². The second-order valence-electron chi connectivity index (χ2n) is 5.29. The van der Waals surface area contributed by atoms with Gasteiger partial charge in [-0.3, -0.25) is 0 Å². The van der Waals surface area contributed by atoms with E-state index in [1.807, 2.05) is 41.5 Å². The van der Waals surface area contributed by atoms with Crippen molar-refractivity contribution in [2.45, 2.75) is 41.5 Å². The van der Waals surface area contributed by atoms with Gasteiger partial charge < -0.3 is 9.99 Å². The van der Waals surface area contributed by atoms with E-state index in [0.717, 1.165) is 33.6 Å². The van der Waals surface area contributed by atoms with Gasteiger partial charge in [-0.2, -0.15) is 11.0 Å². The number of nitrogens with zero attached hydrogens (tertiary/aromatic N) is 2. The van der Waals surface area contributed by atoms with Gasteiger partial charge in [-0.15, -0.1) is 0 Å². The van der Waals surface area contributed by atoms with Crippen molar-refractivity contribution in [3.63, 3.8) is 0 Å². The molecular formula is C15H21N3O3. The Morgan fingerprint density at radius 3 is 2.14 bits per heavy atom. The smallest absolute Gasteiger partial charge is 0.211 e. The van der Waals surface area contributed by atoms with E-state index in [-0.39, 0.29) is 5.75 Å². The van der Waals surface area contributed by atoms with Gasteiger partial charge in [-0.25, -0.2) is 4.68 Å². The molecule has 0 spiro atoms. The fourth-order valence-corrected chi connectivity index (χ4v) is 2.64. The van der Waals surface area contributed by atoms with Gasteiger partial charge in [0.05, 0.1) is 11.4 Å². The van der Waals surface area contributed by atoms with Crippen LogP contribution in [-0.2, 0) is 4.99 Å². The van der Waals surface area contributed by atoms with Crippen LogP contribution in [0.2, 0.25) is 0 Å². The van der Waals surface area contributed by atoms with Gasteiger partial charge in [-0.1, -0.05) is 4.99 Å². The fourth-order valence-electron chi connectivity index (χ4n) is 2.64. The first-order chi connectivity index (χ1) is 9.81. The van der Waals surface area contributed by atoms with E-state index in [1.165, 1.54) is 0 Å². The molecule has 0 saturated carbocycles. The van der Waals surface area contributed by atoms with E-state index in [0.29, 0.717) is 11.4 Å². The zero-order valence-corrected chi connectivity index (χ0v) is 13.2. The Balaban J connectivity index is 2.77. The maximum Gasteiger partial charge on any atom is 0.211 e. The van der Waals surface area contributed by atoms with Crippen LogP contribution >= 0.6 is 0 Å². The van der Waals surface area contributed by atoms with Crippen molar-refractivity contribution in [3.05, 3.63) is 33.6 Å². The highest BCUT2D eigenvalue weighted by molar-refractivity contribution is 5.61. The Hall–Kier alpha value is -2.05. The molecule has 0 aliphatic heterocycles. The number of hydrogen-bond donors (Lipinski definition) is 2. The SMILES string of the molecule is Cc1nn(-c2c(C)c(C)c(C)c(O)c2C)c(C)c1OON. The zero-order chi connectivity index (χ0) is 15.9. The molecule has 6 heteroatoms. The molecule has 0 aliphatic rings. The monoisotopic (exact) mass is 291 g/mol. The minimum atomic E-state index is 0.290. The lowest BCUT2D eigenvalue weighted by Crippen LogP contribution is -2.08. The lowest BCUT2D eigenvalue weighted by Gasteiger charge is -2.18. The summed E-state index contributed by atoms with van der Waals surface area (Å²) in [6.45, 7) is 11.5. The Labute approximate surface area is 124 Å². The summed E-state index contributed by atoms with van der Waals surface area (Å²) >= 11 is 0. The molecule has 0 fully saturated rings. The van der Waals surface area contributed by atoms with E-state index >= 15 is 0 Å². The van der Waals surface area contributed by atoms with E-state index in [4.69, 9.17) is 10.8 Å². The molecule has 1 aromatic heterocycles. The summed E-state index contributed by atoms with van der Waals surface area (Å²) in [6, 6.07) is 0. The molecule has 114 valence electrons. The number of aryl methyl sites for hydroxylation is 1. The Morgan fingerprint density at radius 2 is 1.57 bits per heavy atom. The number of aromatic nitrogens is 2. The lowest BCUT2D eigenvalue weighted by atomic mass is 9.97. The van der Waals surface area contributed by atoms with Crippen molar-refractivity contribution in [1.29, 1.82) is 0 Å². The Kier molecular flexibility index (Phi) is 3.93. The molecular weight excluding hydrogens is 270 g/mol. The normalized spacial score (nSPS) is 11.0. The number of hydrogen-bond acceptors (Lipinski definition) is 5. The van der Waals surface area contributed by atoms with Crippen LogP contribution in [0.4, 0.5) is 0 Å².